The van der Waals surface area contributed by atoms with Crippen LogP contribution in [0.3, 0.4) is 0 Å². The Balaban J connectivity index is 2.40. The fraction of sp³-hybridized carbons (Fsp3) is 0.333. The van der Waals surface area contributed by atoms with Crippen molar-refractivity contribution in [2.45, 2.75) is 25.7 Å². The lowest BCUT2D eigenvalue weighted by atomic mass is 9.76. The molecule has 0 saturated heterocycles. The van der Waals surface area contributed by atoms with E-state index in [0.717, 1.165) is 11.1 Å². The Kier molecular flexibility index (Phi) is 4.76. The van der Waals surface area contributed by atoms with Crippen LogP contribution < -0.4 is 5.73 Å². The summed E-state index contributed by atoms with van der Waals surface area (Å²) in [6.07, 6.45) is 0.588. The zero-order valence-corrected chi connectivity index (χ0v) is 12.6. The minimum atomic E-state index is -0.649. The summed E-state index contributed by atoms with van der Waals surface area (Å²) in [7, 11) is 0. The Morgan fingerprint density at radius 2 is 1.86 bits per heavy atom. The number of hydrogen-bond acceptors (Lipinski definition) is 2. The third kappa shape index (κ3) is 3.31. The van der Waals surface area contributed by atoms with E-state index in [1.807, 2.05) is 12.1 Å². The molecule has 0 aromatic heterocycles. The van der Waals surface area contributed by atoms with Crippen LogP contribution in [0.4, 0.5) is 4.39 Å². The first-order chi connectivity index (χ1) is 10.0. The Morgan fingerprint density at radius 1 is 1.10 bits per heavy atom. The van der Waals surface area contributed by atoms with Gasteiger partial charge in [0.25, 0.3) is 0 Å². The highest BCUT2D eigenvalue weighted by molar-refractivity contribution is 5.35. The predicted molar refractivity (Wildman–Crippen MR) is 83.8 cm³/mol. The van der Waals surface area contributed by atoms with Gasteiger partial charge >= 0.3 is 0 Å². The first kappa shape index (κ1) is 15.7. The van der Waals surface area contributed by atoms with Crippen LogP contribution in [0.15, 0.2) is 42.5 Å². The number of rotatable bonds is 5. The quantitative estimate of drug-likeness (QED) is 0.888. The number of benzene rings is 2. The van der Waals surface area contributed by atoms with Gasteiger partial charge in [0.15, 0.2) is 0 Å². The molecule has 3 N–H and O–H groups in total. The van der Waals surface area contributed by atoms with Gasteiger partial charge in [-0.15, -0.1) is 0 Å². The van der Waals surface area contributed by atoms with Crippen molar-refractivity contribution in [3.05, 3.63) is 70.5 Å². The molecule has 0 saturated carbocycles. The highest BCUT2D eigenvalue weighted by atomic mass is 19.1. The minimum Gasteiger partial charge on any atom is -0.395 e. The third-order valence-electron chi connectivity index (χ3n) is 4.24. The summed E-state index contributed by atoms with van der Waals surface area (Å²) in [5.41, 5.74) is 9.56. The standard InChI is InChI=1S/C18H22FNO/c1-13-6-7-15(8-14(13)2)10-18(11-20,12-21)16-4-3-5-17(19)9-16/h3-9,21H,10-12,20H2,1-2H3. The average Bonchev–Trinajstić information content (AvgIpc) is 2.48. The molecule has 0 radical (unpaired) electrons. The fourth-order valence-corrected chi connectivity index (χ4v) is 2.63. The van der Waals surface area contributed by atoms with Gasteiger partial charge in [-0.2, -0.15) is 0 Å². The zero-order valence-electron chi connectivity index (χ0n) is 12.6. The molecule has 3 heteroatoms. The largest absolute Gasteiger partial charge is 0.395 e. The Morgan fingerprint density at radius 3 is 2.43 bits per heavy atom. The zero-order chi connectivity index (χ0) is 15.5. The number of aliphatic hydroxyl groups excluding tert-OH is 1. The molecule has 21 heavy (non-hydrogen) atoms. The van der Waals surface area contributed by atoms with Crippen LogP contribution in [-0.4, -0.2) is 18.3 Å². The van der Waals surface area contributed by atoms with Gasteiger partial charge in [0.2, 0.25) is 0 Å². The Labute approximate surface area is 125 Å². The van der Waals surface area contributed by atoms with Crippen molar-refractivity contribution in [1.29, 1.82) is 0 Å². The van der Waals surface area contributed by atoms with Gasteiger partial charge in [-0.3, -0.25) is 0 Å². The van der Waals surface area contributed by atoms with Gasteiger partial charge in [-0.05, 0) is 54.7 Å². The van der Waals surface area contributed by atoms with Gasteiger partial charge < -0.3 is 10.8 Å². The molecule has 112 valence electrons. The highest BCUT2D eigenvalue weighted by Gasteiger charge is 2.31. The molecule has 2 aromatic rings. The Bertz CT molecular complexity index is 620. The van der Waals surface area contributed by atoms with Crippen LogP contribution in [0.5, 0.6) is 0 Å². The normalized spacial score (nSPS) is 14.0. The van der Waals surface area contributed by atoms with Crippen LogP contribution >= 0.6 is 0 Å². The SMILES string of the molecule is Cc1ccc(CC(CN)(CO)c2cccc(F)c2)cc1C. The first-order valence-electron chi connectivity index (χ1n) is 7.14. The molecule has 0 aliphatic heterocycles. The van der Waals surface area contributed by atoms with E-state index in [1.165, 1.54) is 23.3 Å². The fourth-order valence-electron chi connectivity index (χ4n) is 2.63. The second-order valence-corrected chi connectivity index (χ2v) is 5.75. The van der Waals surface area contributed by atoms with Crippen LogP contribution in [0, 0.1) is 19.7 Å². The minimum absolute atomic E-state index is 0.111. The summed E-state index contributed by atoms with van der Waals surface area (Å²) in [5, 5.41) is 9.90. The van der Waals surface area contributed by atoms with E-state index in [0.29, 0.717) is 6.42 Å². The first-order valence-corrected chi connectivity index (χ1v) is 7.14. The van der Waals surface area contributed by atoms with Gasteiger partial charge in [-0.25, -0.2) is 4.39 Å². The summed E-state index contributed by atoms with van der Waals surface area (Å²) >= 11 is 0. The monoisotopic (exact) mass is 287 g/mol. The molecule has 0 heterocycles. The smallest absolute Gasteiger partial charge is 0.123 e. The van der Waals surface area contributed by atoms with Crippen molar-refractivity contribution in [2.75, 3.05) is 13.2 Å². The summed E-state index contributed by atoms with van der Waals surface area (Å²) in [5.74, 6) is -0.307. The number of nitrogens with two attached hydrogens (primary N) is 1. The number of halogens is 1. The molecule has 0 spiro atoms. The van der Waals surface area contributed by atoms with Gasteiger partial charge in [0.1, 0.15) is 5.82 Å². The molecule has 0 fully saturated rings. The lowest BCUT2D eigenvalue weighted by molar-refractivity contribution is 0.195. The van der Waals surface area contributed by atoms with Crippen LogP contribution in [0.25, 0.3) is 0 Å². The lowest BCUT2D eigenvalue weighted by Crippen LogP contribution is -2.41. The molecule has 0 aliphatic rings. The maximum Gasteiger partial charge on any atom is 0.123 e. The molecule has 2 aromatic carbocycles. The maximum absolute atomic E-state index is 13.5. The summed E-state index contributed by atoms with van der Waals surface area (Å²) in [6.45, 7) is 4.28. The number of aliphatic hydroxyl groups is 1. The summed E-state index contributed by atoms with van der Waals surface area (Å²) in [4.78, 5) is 0. The summed E-state index contributed by atoms with van der Waals surface area (Å²) < 4.78 is 13.5. The van der Waals surface area contributed by atoms with Gasteiger partial charge in [0.05, 0.1) is 6.61 Å². The van der Waals surface area contributed by atoms with Crippen LogP contribution in [0.2, 0.25) is 0 Å². The topological polar surface area (TPSA) is 46.2 Å². The van der Waals surface area contributed by atoms with Crippen molar-refractivity contribution in [3.63, 3.8) is 0 Å². The highest BCUT2D eigenvalue weighted by Crippen LogP contribution is 2.28. The van der Waals surface area contributed by atoms with Crippen molar-refractivity contribution < 1.29 is 9.50 Å². The van der Waals surface area contributed by atoms with Crippen molar-refractivity contribution in [2.24, 2.45) is 5.73 Å². The van der Waals surface area contributed by atoms with E-state index in [9.17, 15) is 9.50 Å². The van der Waals surface area contributed by atoms with Crippen LogP contribution in [-0.2, 0) is 11.8 Å². The molecule has 0 aliphatic carbocycles. The molecule has 0 bridgehead atoms. The molecule has 1 atom stereocenters. The average molecular weight is 287 g/mol. The second-order valence-electron chi connectivity index (χ2n) is 5.75. The summed E-state index contributed by atoms with van der Waals surface area (Å²) in [6, 6.07) is 12.6. The van der Waals surface area contributed by atoms with Gasteiger partial charge in [0, 0.05) is 12.0 Å². The number of aryl methyl sites for hydroxylation is 2. The van der Waals surface area contributed by atoms with E-state index in [4.69, 9.17) is 5.73 Å². The van der Waals surface area contributed by atoms with E-state index >= 15 is 0 Å². The van der Waals surface area contributed by atoms with E-state index in [-0.39, 0.29) is 19.0 Å². The van der Waals surface area contributed by atoms with E-state index in [2.05, 4.69) is 26.0 Å². The van der Waals surface area contributed by atoms with E-state index < -0.39 is 5.41 Å². The predicted octanol–water partition coefficient (Wildman–Crippen LogP) is 2.87. The molecular formula is C18H22FNO. The van der Waals surface area contributed by atoms with Crippen molar-refractivity contribution in [1.82, 2.24) is 0 Å². The molecule has 0 amide bonds. The maximum atomic E-state index is 13.5. The van der Waals surface area contributed by atoms with Gasteiger partial charge in [-0.1, -0.05) is 30.3 Å². The lowest BCUT2D eigenvalue weighted by Gasteiger charge is -2.31. The third-order valence-corrected chi connectivity index (χ3v) is 4.24. The second kappa shape index (κ2) is 6.37. The molecule has 1 unspecified atom stereocenters. The molecule has 2 nitrogen and oxygen atoms in total. The van der Waals surface area contributed by atoms with E-state index in [1.54, 1.807) is 6.07 Å². The molecule has 2 rings (SSSR count). The van der Waals surface area contributed by atoms with Crippen molar-refractivity contribution in [3.8, 4) is 0 Å². The van der Waals surface area contributed by atoms with Crippen molar-refractivity contribution >= 4 is 0 Å². The molecular weight excluding hydrogens is 265 g/mol. The Hall–Kier alpha value is -1.71. The van der Waals surface area contributed by atoms with Crippen LogP contribution in [0.1, 0.15) is 22.3 Å². The number of hydrogen-bond donors (Lipinski definition) is 2.